The van der Waals surface area contributed by atoms with Crippen LogP contribution in [0.4, 0.5) is 5.82 Å². The van der Waals surface area contributed by atoms with E-state index in [9.17, 15) is 0 Å². The van der Waals surface area contributed by atoms with E-state index >= 15 is 0 Å². The molecule has 1 atom stereocenters. The van der Waals surface area contributed by atoms with Crippen molar-refractivity contribution in [2.75, 3.05) is 24.6 Å². The van der Waals surface area contributed by atoms with Gasteiger partial charge in [0.2, 0.25) is 5.82 Å². The van der Waals surface area contributed by atoms with Gasteiger partial charge in [-0.3, -0.25) is 4.98 Å². The number of rotatable bonds is 2. The molecular weight excluding hydrogens is 316 g/mol. The first kappa shape index (κ1) is 16.0. The lowest BCUT2D eigenvalue weighted by Crippen LogP contribution is -2.48. The lowest BCUT2D eigenvalue weighted by atomic mass is 9.88. The molecule has 7 heteroatoms. The Labute approximate surface area is 146 Å². The Morgan fingerprint density at radius 3 is 2.76 bits per heavy atom. The van der Waals surface area contributed by atoms with Crippen LogP contribution in [0.3, 0.4) is 0 Å². The van der Waals surface area contributed by atoms with E-state index in [0.717, 1.165) is 24.6 Å². The molecule has 4 heterocycles. The second kappa shape index (κ2) is 6.07. The first-order chi connectivity index (χ1) is 12.0. The minimum Gasteiger partial charge on any atom is -0.374 e. The zero-order valence-corrected chi connectivity index (χ0v) is 14.8. The van der Waals surface area contributed by atoms with E-state index in [1.807, 2.05) is 30.3 Å². The van der Waals surface area contributed by atoms with Crippen molar-refractivity contribution in [2.45, 2.75) is 26.9 Å². The summed E-state index contributed by atoms with van der Waals surface area (Å²) in [6, 6.07) is 9.67. The van der Waals surface area contributed by atoms with Gasteiger partial charge in [-0.05, 0) is 29.7 Å². The summed E-state index contributed by atoms with van der Waals surface area (Å²) in [5, 5.41) is 13.2. The van der Waals surface area contributed by atoms with Gasteiger partial charge in [0.15, 0.2) is 5.65 Å². The van der Waals surface area contributed by atoms with Gasteiger partial charge in [-0.1, -0.05) is 26.8 Å². The molecular formula is C18H22N6O. The van der Waals surface area contributed by atoms with E-state index in [-0.39, 0.29) is 11.5 Å². The van der Waals surface area contributed by atoms with Crippen molar-refractivity contribution >= 4 is 11.5 Å². The van der Waals surface area contributed by atoms with Crippen LogP contribution in [0.2, 0.25) is 0 Å². The molecule has 1 aliphatic rings. The number of ether oxygens (including phenoxy) is 1. The number of nitrogens with zero attached hydrogens (tertiary/aromatic N) is 6. The van der Waals surface area contributed by atoms with Crippen molar-refractivity contribution in [3.63, 3.8) is 0 Å². The smallest absolute Gasteiger partial charge is 0.203 e. The number of morpholine rings is 1. The molecule has 130 valence electrons. The van der Waals surface area contributed by atoms with Crippen LogP contribution in [0, 0.1) is 5.41 Å². The van der Waals surface area contributed by atoms with Gasteiger partial charge in [0.05, 0.1) is 12.7 Å². The predicted molar refractivity (Wildman–Crippen MR) is 95.4 cm³/mol. The highest BCUT2D eigenvalue weighted by atomic mass is 16.5. The van der Waals surface area contributed by atoms with E-state index in [1.165, 1.54) is 0 Å². The van der Waals surface area contributed by atoms with Gasteiger partial charge >= 0.3 is 0 Å². The number of aromatic nitrogens is 5. The molecule has 0 N–H and O–H groups in total. The topological polar surface area (TPSA) is 68.4 Å². The average Bonchev–Trinajstić information content (AvgIpc) is 3.05. The molecule has 0 amide bonds. The van der Waals surface area contributed by atoms with Gasteiger partial charge in [0.1, 0.15) is 11.5 Å². The molecule has 1 fully saturated rings. The fourth-order valence-corrected chi connectivity index (χ4v) is 2.98. The predicted octanol–water partition coefficient (Wildman–Crippen LogP) is 2.44. The van der Waals surface area contributed by atoms with Crippen LogP contribution < -0.4 is 4.90 Å². The van der Waals surface area contributed by atoms with Crippen molar-refractivity contribution in [1.82, 2.24) is 24.8 Å². The van der Waals surface area contributed by atoms with Crippen molar-refractivity contribution in [3.05, 3.63) is 36.5 Å². The van der Waals surface area contributed by atoms with Crippen molar-refractivity contribution in [3.8, 4) is 11.5 Å². The summed E-state index contributed by atoms with van der Waals surface area (Å²) in [5.41, 5.74) is 1.57. The third-order valence-electron chi connectivity index (χ3n) is 4.50. The molecule has 0 spiro atoms. The van der Waals surface area contributed by atoms with Crippen LogP contribution >= 0.6 is 0 Å². The van der Waals surface area contributed by atoms with Crippen LogP contribution in [0.15, 0.2) is 36.5 Å². The summed E-state index contributed by atoms with van der Waals surface area (Å²) in [4.78, 5) is 6.63. The molecule has 0 bridgehead atoms. The van der Waals surface area contributed by atoms with Crippen LogP contribution in [0.25, 0.3) is 17.2 Å². The van der Waals surface area contributed by atoms with Crippen molar-refractivity contribution in [2.24, 2.45) is 5.41 Å². The molecule has 25 heavy (non-hydrogen) atoms. The Morgan fingerprint density at radius 2 is 2.00 bits per heavy atom. The molecule has 3 aromatic heterocycles. The number of hydrogen-bond donors (Lipinski definition) is 0. The van der Waals surface area contributed by atoms with Crippen molar-refractivity contribution < 1.29 is 4.74 Å². The molecule has 0 saturated carbocycles. The summed E-state index contributed by atoms with van der Waals surface area (Å²) in [6.07, 6.45) is 1.92. The summed E-state index contributed by atoms with van der Waals surface area (Å²) in [6.45, 7) is 8.97. The monoisotopic (exact) mass is 338 g/mol. The average molecular weight is 338 g/mol. The van der Waals surface area contributed by atoms with Crippen LogP contribution in [0.1, 0.15) is 20.8 Å². The number of anilines is 1. The van der Waals surface area contributed by atoms with Crippen LogP contribution in [-0.2, 0) is 4.74 Å². The molecule has 4 rings (SSSR count). The van der Waals surface area contributed by atoms with Gasteiger partial charge < -0.3 is 9.64 Å². The Hall–Kier alpha value is -2.54. The molecule has 7 nitrogen and oxygen atoms in total. The van der Waals surface area contributed by atoms with Crippen molar-refractivity contribution in [1.29, 1.82) is 0 Å². The Morgan fingerprint density at radius 1 is 1.12 bits per heavy atom. The van der Waals surface area contributed by atoms with E-state index in [1.54, 1.807) is 10.7 Å². The molecule has 1 unspecified atom stereocenters. The fourth-order valence-electron chi connectivity index (χ4n) is 2.98. The second-order valence-electron chi connectivity index (χ2n) is 7.37. The highest BCUT2D eigenvalue weighted by Gasteiger charge is 2.31. The highest BCUT2D eigenvalue weighted by Crippen LogP contribution is 2.27. The minimum atomic E-state index is 0.0957. The summed E-state index contributed by atoms with van der Waals surface area (Å²) >= 11 is 0. The van der Waals surface area contributed by atoms with Gasteiger partial charge in [-0.2, -0.15) is 4.52 Å². The first-order valence-corrected chi connectivity index (χ1v) is 8.53. The zero-order valence-electron chi connectivity index (χ0n) is 14.8. The normalized spacial score (nSPS) is 18.7. The van der Waals surface area contributed by atoms with E-state index in [0.29, 0.717) is 18.1 Å². The summed E-state index contributed by atoms with van der Waals surface area (Å²) in [7, 11) is 0. The SMILES string of the molecule is CC(C)(C)C1CN(c2ccc3nnc(-c4ccccn4)n3n2)CCO1. The van der Waals surface area contributed by atoms with Gasteiger partial charge in [0.25, 0.3) is 0 Å². The van der Waals surface area contributed by atoms with Gasteiger partial charge in [-0.15, -0.1) is 15.3 Å². The number of fused-ring (bicyclic) bond motifs is 1. The largest absolute Gasteiger partial charge is 0.374 e. The third kappa shape index (κ3) is 3.07. The van der Waals surface area contributed by atoms with Crippen LogP contribution in [-0.4, -0.2) is 50.6 Å². The Bertz CT molecular complexity index is 870. The molecule has 0 radical (unpaired) electrons. The fraction of sp³-hybridized carbons (Fsp3) is 0.444. The van der Waals surface area contributed by atoms with E-state index < -0.39 is 0 Å². The van der Waals surface area contributed by atoms with E-state index in [2.05, 4.69) is 40.9 Å². The maximum Gasteiger partial charge on any atom is 0.203 e. The minimum absolute atomic E-state index is 0.0957. The Balaban J connectivity index is 1.69. The lowest BCUT2D eigenvalue weighted by molar-refractivity contribution is -0.0268. The lowest BCUT2D eigenvalue weighted by Gasteiger charge is -2.39. The van der Waals surface area contributed by atoms with Gasteiger partial charge in [0, 0.05) is 19.3 Å². The molecule has 0 aliphatic carbocycles. The standard InChI is InChI=1S/C18H22N6O/c1-18(2,3)14-12-23(10-11-25-14)16-8-7-15-20-21-17(24(15)22-16)13-6-4-5-9-19-13/h4-9,14H,10-12H2,1-3H3. The maximum absolute atomic E-state index is 5.95. The number of hydrogen-bond acceptors (Lipinski definition) is 6. The summed E-state index contributed by atoms with van der Waals surface area (Å²) in [5.74, 6) is 1.56. The highest BCUT2D eigenvalue weighted by molar-refractivity contribution is 5.56. The third-order valence-corrected chi connectivity index (χ3v) is 4.50. The number of pyridine rings is 1. The van der Waals surface area contributed by atoms with Crippen LogP contribution in [0.5, 0.6) is 0 Å². The molecule has 1 aliphatic heterocycles. The molecule has 3 aromatic rings. The van der Waals surface area contributed by atoms with E-state index in [4.69, 9.17) is 9.84 Å². The second-order valence-corrected chi connectivity index (χ2v) is 7.37. The zero-order chi connectivity index (χ0) is 17.4. The first-order valence-electron chi connectivity index (χ1n) is 8.53. The molecule has 1 saturated heterocycles. The quantitative estimate of drug-likeness (QED) is 0.715. The van der Waals surface area contributed by atoms with Gasteiger partial charge in [-0.25, -0.2) is 0 Å². The maximum atomic E-state index is 5.95. The molecule has 0 aromatic carbocycles. The Kier molecular flexibility index (Phi) is 3.88. The summed E-state index contributed by atoms with van der Waals surface area (Å²) < 4.78 is 7.71.